The number of benzene rings is 2. The van der Waals surface area contributed by atoms with Gasteiger partial charge in [-0.1, -0.05) is 17.3 Å². The molecule has 4 rings (SSSR count). The molecule has 1 amide bonds. The highest BCUT2D eigenvalue weighted by Crippen LogP contribution is 2.23. The summed E-state index contributed by atoms with van der Waals surface area (Å²) in [4.78, 5) is 41.6. The lowest BCUT2D eigenvalue weighted by molar-refractivity contribution is -0.116. The Balaban J connectivity index is 1.52. The highest BCUT2D eigenvalue weighted by molar-refractivity contribution is 6.01. The van der Waals surface area contributed by atoms with Gasteiger partial charge in [-0.25, -0.2) is 4.79 Å². The van der Waals surface area contributed by atoms with Crippen molar-refractivity contribution in [1.29, 1.82) is 0 Å². The van der Waals surface area contributed by atoms with Gasteiger partial charge < -0.3 is 23.9 Å². The number of anilines is 1. The molecule has 0 aliphatic rings. The second-order valence-electron chi connectivity index (χ2n) is 7.35. The van der Waals surface area contributed by atoms with Crippen LogP contribution >= 0.6 is 0 Å². The Morgan fingerprint density at radius 2 is 1.77 bits per heavy atom. The van der Waals surface area contributed by atoms with E-state index < -0.39 is 17.4 Å². The first-order valence-electron chi connectivity index (χ1n) is 10.7. The number of nitrogens with one attached hydrogen (secondary N) is 1. The smallest absolute Gasteiger partial charge is 0.340 e. The van der Waals surface area contributed by atoms with E-state index in [1.54, 1.807) is 62.6 Å². The maximum Gasteiger partial charge on any atom is 0.340 e. The number of carbonyl (C=O) groups excluding carboxylic acids is 2. The third kappa shape index (κ3) is 5.44. The molecule has 0 fully saturated rings. The van der Waals surface area contributed by atoms with Crippen molar-refractivity contribution in [2.24, 2.45) is 0 Å². The van der Waals surface area contributed by atoms with E-state index in [-0.39, 0.29) is 24.6 Å². The highest BCUT2D eigenvalue weighted by Gasteiger charge is 2.16. The minimum atomic E-state index is -0.549. The van der Waals surface area contributed by atoms with Gasteiger partial charge in [0.2, 0.25) is 11.7 Å². The Bertz CT molecular complexity index is 1410. The van der Waals surface area contributed by atoms with Gasteiger partial charge in [0.1, 0.15) is 12.3 Å². The number of pyridine rings is 1. The van der Waals surface area contributed by atoms with Gasteiger partial charge in [0, 0.05) is 17.8 Å². The molecule has 2 aromatic carbocycles. The number of carbonyl (C=O) groups is 2. The molecule has 10 nitrogen and oxygen atoms in total. The summed E-state index contributed by atoms with van der Waals surface area (Å²) < 4.78 is 16.8. The van der Waals surface area contributed by atoms with E-state index in [2.05, 4.69) is 15.5 Å². The van der Waals surface area contributed by atoms with Crippen LogP contribution in [-0.2, 0) is 16.1 Å². The maximum absolute atomic E-state index is 12.7. The predicted molar refractivity (Wildman–Crippen MR) is 127 cm³/mol. The van der Waals surface area contributed by atoms with Gasteiger partial charge in [0.05, 0.1) is 30.5 Å². The van der Waals surface area contributed by atoms with Crippen LogP contribution in [0.2, 0.25) is 0 Å². The summed E-state index contributed by atoms with van der Waals surface area (Å²) in [6.07, 6.45) is 1.46. The van der Waals surface area contributed by atoms with Crippen LogP contribution in [-0.4, -0.2) is 40.3 Å². The van der Waals surface area contributed by atoms with E-state index in [4.69, 9.17) is 14.0 Å². The summed E-state index contributed by atoms with van der Waals surface area (Å²) in [6, 6.07) is 16.5. The molecule has 0 spiro atoms. The lowest BCUT2D eigenvalue weighted by Gasteiger charge is -2.11. The lowest BCUT2D eigenvalue weighted by Crippen LogP contribution is -2.27. The number of aromatic nitrogens is 3. The fourth-order valence-corrected chi connectivity index (χ4v) is 3.30. The number of methoxy groups -OCH3 is 1. The SMILES string of the molecule is CCOC(=O)c1ccccc1NC(=O)Cn1cc(-c2nc(-c3ccc(OC)cc3)no2)ccc1=O. The summed E-state index contributed by atoms with van der Waals surface area (Å²) in [5, 5.41) is 6.65. The molecule has 0 unspecified atom stereocenters. The van der Waals surface area contributed by atoms with Gasteiger partial charge in [-0.2, -0.15) is 4.98 Å². The first-order valence-corrected chi connectivity index (χ1v) is 10.7. The van der Waals surface area contributed by atoms with Crippen LogP contribution in [0.1, 0.15) is 17.3 Å². The fourth-order valence-electron chi connectivity index (χ4n) is 3.30. The molecule has 178 valence electrons. The molecule has 35 heavy (non-hydrogen) atoms. The summed E-state index contributed by atoms with van der Waals surface area (Å²) in [5.41, 5.74) is 1.32. The van der Waals surface area contributed by atoms with Crippen LogP contribution in [0.15, 0.2) is 76.2 Å². The molecule has 10 heteroatoms. The van der Waals surface area contributed by atoms with Crippen molar-refractivity contribution in [3.05, 3.63) is 82.8 Å². The van der Waals surface area contributed by atoms with Crippen molar-refractivity contribution in [3.8, 4) is 28.6 Å². The number of para-hydroxylation sites is 1. The van der Waals surface area contributed by atoms with Crippen molar-refractivity contribution in [3.63, 3.8) is 0 Å². The van der Waals surface area contributed by atoms with Gasteiger partial charge in [-0.15, -0.1) is 0 Å². The molecule has 0 saturated carbocycles. The number of rotatable bonds is 8. The molecule has 0 bridgehead atoms. The number of amides is 1. The average Bonchev–Trinajstić information content (AvgIpc) is 3.36. The second kappa shape index (κ2) is 10.5. The summed E-state index contributed by atoms with van der Waals surface area (Å²) in [5.74, 6) is 0.219. The molecule has 2 aromatic heterocycles. The number of nitrogens with zero attached hydrogens (tertiary/aromatic N) is 3. The molecule has 0 radical (unpaired) electrons. The van der Waals surface area contributed by atoms with E-state index in [1.807, 2.05) is 0 Å². The number of esters is 1. The van der Waals surface area contributed by atoms with Crippen LogP contribution < -0.4 is 15.6 Å². The third-order valence-electron chi connectivity index (χ3n) is 5.02. The van der Waals surface area contributed by atoms with Crippen LogP contribution in [0.3, 0.4) is 0 Å². The zero-order valence-electron chi connectivity index (χ0n) is 19.1. The van der Waals surface area contributed by atoms with Crippen molar-refractivity contribution < 1.29 is 23.6 Å². The van der Waals surface area contributed by atoms with Crippen LogP contribution in [0.4, 0.5) is 5.69 Å². The first-order chi connectivity index (χ1) is 17.0. The van der Waals surface area contributed by atoms with Gasteiger partial charge in [0.15, 0.2) is 0 Å². The summed E-state index contributed by atoms with van der Waals surface area (Å²) in [7, 11) is 1.58. The van der Waals surface area contributed by atoms with Crippen molar-refractivity contribution in [2.45, 2.75) is 13.5 Å². The fraction of sp³-hybridized carbons (Fsp3) is 0.160. The molecule has 1 N–H and O–H groups in total. The van der Waals surface area contributed by atoms with Gasteiger partial charge in [0.25, 0.3) is 11.4 Å². The number of hydrogen-bond donors (Lipinski definition) is 1. The zero-order valence-corrected chi connectivity index (χ0v) is 19.1. The normalized spacial score (nSPS) is 10.6. The highest BCUT2D eigenvalue weighted by atomic mass is 16.5. The standard InChI is InChI=1S/C25H22N4O6/c1-3-34-25(32)19-6-4-5-7-20(19)26-21(30)15-29-14-17(10-13-22(29)31)24-27-23(28-35-24)16-8-11-18(33-2)12-9-16/h4-14H,3,15H2,1-2H3,(H,26,30). The van der Waals surface area contributed by atoms with Crippen molar-refractivity contribution in [1.82, 2.24) is 14.7 Å². The third-order valence-corrected chi connectivity index (χ3v) is 5.02. The summed E-state index contributed by atoms with van der Waals surface area (Å²) >= 11 is 0. The zero-order chi connectivity index (χ0) is 24.8. The molecule has 4 aromatic rings. The maximum atomic E-state index is 12.7. The second-order valence-corrected chi connectivity index (χ2v) is 7.35. The molecule has 2 heterocycles. The Hall–Kier alpha value is -4.73. The Morgan fingerprint density at radius 3 is 2.51 bits per heavy atom. The van der Waals surface area contributed by atoms with Crippen LogP contribution in [0.25, 0.3) is 22.8 Å². The van der Waals surface area contributed by atoms with Gasteiger partial charge in [-0.3, -0.25) is 9.59 Å². The summed E-state index contributed by atoms with van der Waals surface area (Å²) in [6.45, 7) is 1.62. The monoisotopic (exact) mass is 474 g/mol. The molecular weight excluding hydrogens is 452 g/mol. The Morgan fingerprint density at radius 1 is 1.03 bits per heavy atom. The van der Waals surface area contributed by atoms with E-state index in [1.165, 1.54) is 22.9 Å². The largest absolute Gasteiger partial charge is 0.497 e. The minimum absolute atomic E-state index is 0.192. The molecular formula is C25H22N4O6. The predicted octanol–water partition coefficient (Wildman–Crippen LogP) is 3.39. The van der Waals surface area contributed by atoms with Gasteiger partial charge >= 0.3 is 5.97 Å². The van der Waals surface area contributed by atoms with Crippen LogP contribution in [0.5, 0.6) is 5.75 Å². The number of hydrogen-bond acceptors (Lipinski definition) is 8. The molecule has 0 aliphatic carbocycles. The Kier molecular flexibility index (Phi) is 7.01. The Labute approximate surface area is 200 Å². The molecule has 0 atom stereocenters. The molecule has 0 saturated heterocycles. The van der Waals surface area contributed by atoms with Gasteiger partial charge in [-0.05, 0) is 49.4 Å². The minimum Gasteiger partial charge on any atom is -0.497 e. The topological polar surface area (TPSA) is 126 Å². The quantitative estimate of drug-likeness (QED) is 0.385. The van der Waals surface area contributed by atoms with E-state index in [0.717, 1.165) is 5.56 Å². The van der Waals surface area contributed by atoms with Crippen molar-refractivity contribution in [2.75, 3.05) is 19.0 Å². The van der Waals surface area contributed by atoms with Crippen molar-refractivity contribution >= 4 is 17.6 Å². The van der Waals surface area contributed by atoms with E-state index in [0.29, 0.717) is 22.8 Å². The average molecular weight is 474 g/mol. The first kappa shape index (κ1) is 23.4. The number of ether oxygens (including phenoxy) is 2. The van der Waals surface area contributed by atoms with E-state index >= 15 is 0 Å². The van der Waals surface area contributed by atoms with E-state index in [9.17, 15) is 14.4 Å². The lowest BCUT2D eigenvalue weighted by atomic mass is 10.2. The molecule has 0 aliphatic heterocycles. The van der Waals surface area contributed by atoms with Crippen LogP contribution in [0, 0.1) is 0 Å².